The highest BCUT2D eigenvalue weighted by Gasteiger charge is 2.21. The second kappa shape index (κ2) is 10.7. The topological polar surface area (TPSA) is 65.1 Å². The van der Waals surface area contributed by atoms with Crippen molar-refractivity contribution >= 4 is 17.7 Å². The molecule has 0 radical (unpaired) electrons. The molecule has 7 nitrogen and oxygen atoms in total. The van der Waals surface area contributed by atoms with Gasteiger partial charge >= 0.3 is 6.09 Å². The van der Waals surface area contributed by atoms with Gasteiger partial charge in [-0.3, -0.25) is 9.69 Å². The van der Waals surface area contributed by atoms with Gasteiger partial charge < -0.3 is 19.9 Å². The van der Waals surface area contributed by atoms with E-state index in [-0.39, 0.29) is 12.0 Å². The van der Waals surface area contributed by atoms with E-state index in [0.717, 1.165) is 31.9 Å². The van der Waals surface area contributed by atoms with Gasteiger partial charge in [-0.05, 0) is 65.8 Å². The van der Waals surface area contributed by atoms with Gasteiger partial charge in [0, 0.05) is 63.1 Å². The van der Waals surface area contributed by atoms with Crippen LogP contribution in [0.5, 0.6) is 0 Å². The molecule has 0 saturated carbocycles. The number of ether oxygens (including phenoxy) is 1. The Bertz CT molecular complexity index is 689. The van der Waals surface area contributed by atoms with Crippen LogP contribution in [0.4, 0.5) is 10.5 Å². The third-order valence-electron chi connectivity index (χ3n) is 5.24. The van der Waals surface area contributed by atoms with Crippen LogP contribution in [0.2, 0.25) is 0 Å². The van der Waals surface area contributed by atoms with Crippen molar-refractivity contribution in [3.05, 3.63) is 29.8 Å². The quantitative estimate of drug-likeness (QED) is 0.737. The zero-order valence-corrected chi connectivity index (χ0v) is 19.4. The largest absolute Gasteiger partial charge is 0.444 e. The SMILES string of the molecule is CCN(CCNC(=O)c1ccc(N2CCN(C(C)C)CC2)cc1)C(=O)OC(C)(C)C. The molecule has 0 spiro atoms. The minimum absolute atomic E-state index is 0.133. The number of carbonyl (C=O) groups excluding carboxylic acids is 2. The van der Waals surface area contributed by atoms with E-state index in [1.54, 1.807) is 4.90 Å². The van der Waals surface area contributed by atoms with E-state index in [4.69, 9.17) is 4.74 Å². The van der Waals surface area contributed by atoms with E-state index in [1.165, 1.54) is 0 Å². The molecule has 30 heavy (non-hydrogen) atoms. The lowest BCUT2D eigenvalue weighted by Gasteiger charge is -2.38. The number of hydrogen-bond acceptors (Lipinski definition) is 5. The Morgan fingerprint density at radius 3 is 2.20 bits per heavy atom. The van der Waals surface area contributed by atoms with Gasteiger partial charge in [-0.1, -0.05) is 0 Å². The van der Waals surface area contributed by atoms with Crippen molar-refractivity contribution in [2.24, 2.45) is 0 Å². The summed E-state index contributed by atoms with van der Waals surface area (Å²) >= 11 is 0. The summed E-state index contributed by atoms with van der Waals surface area (Å²) in [7, 11) is 0. The average Bonchev–Trinajstić information content (AvgIpc) is 2.70. The number of benzene rings is 1. The molecule has 0 bridgehead atoms. The minimum Gasteiger partial charge on any atom is -0.444 e. The summed E-state index contributed by atoms with van der Waals surface area (Å²) in [5.41, 5.74) is 1.24. The molecule has 1 heterocycles. The van der Waals surface area contributed by atoms with Gasteiger partial charge in [-0.2, -0.15) is 0 Å². The molecule has 168 valence electrons. The fraction of sp³-hybridized carbons (Fsp3) is 0.652. The fourth-order valence-corrected chi connectivity index (χ4v) is 3.43. The summed E-state index contributed by atoms with van der Waals surface area (Å²) in [4.78, 5) is 31.0. The van der Waals surface area contributed by atoms with Gasteiger partial charge in [0.05, 0.1) is 0 Å². The summed E-state index contributed by atoms with van der Waals surface area (Å²) < 4.78 is 5.39. The molecule has 1 aliphatic rings. The maximum atomic E-state index is 12.5. The summed E-state index contributed by atoms with van der Waals surface area (Å²) in [5.74, 6) is -0.133. The van der Waals surface area contributed by atoms with Crippen LogP contribution >= 0.6 is 0 Å². The molecule has 1 fully saturated rings. The maximum Gasteiger partial charge on any atom is 0.410 e. The number of rotatable bonds is 7. The number of amides is 2. The average molecular weight is 419 g/mol. The monoisotopic (exact) mass is 418 g/mol. The van der Waals surface area contributed by atoms with E-state index in [2.05, 4.69) is 29.0 Å². The molecule has 0 unspecified atom stereocenters. The lowest BCUT2D eigenvalue weighted by Crippen LogP contribution is -2.48. The van der Waals surface area contributed by atoms with Crippen LogP contribution in [0.25, 0.3) is 0 Å². The Hall–Kier alpha value is -2.28. The van der Waals surface area contributed by atoms with E-state index in [0.29, 0.717) is 31.2 Å². The maximum absolute atomic E-state index is 12.5. The van der Waals surface area contributed by atoms with Crippen LogP contribution in [0.1, 0.15) is 51.9 Å². The summed E-state index contributed by atoms with van der Waals surface area (Å²) in [6, 6.07) is 8.34. The number of likely N-dealkylation sites (N-methyl/N-ethyl adjacent to an activating group) is 1. The van der Waals surface area contributed by atoms with Gasteiger partial charge in [0.2, 0.25) is 0 Å². The van der Waals surface area contributed by atoms with Crippen molar-refractivity contribution in [1.29, 1.82) is 0 Å². The molecule has 0 aliphatic carbocycles. The number of anilines is 1. The third-order valence-corrected chi connectivity index (χ3v) is 5.24. The first-order valence-electron chi connectivity index (χ1n) is 11.0. The molecule has 2 rings (SSSR count). The van der Waals surface area contributed by atoms with E-state index in [9.17, 15) is 9.59 Å². The number of carbonyl (C=O) groups is 2. The number of hydrogen-bond donors (Lipinski definition) is 1. The van der Waals surface area contributed by atoms with Crippen molar-refractivity contribution in [3.8, 4) is 0 Å². The summed E-state index contributed by atoms with van der Waals surface area (Å²) in [6.45, 7) is 17.3. The molecule has 1 saturated heterocycles. The molecular weight excluding hydrogens is 380 g/mol. The lowest BCUT2D eigenvalue weighted by atomic mass is 10.1. The predicted octanol–water partition coefficient (Wildman–Crippen LogP) is 3.20. The second-order valence-corrected chi connectivity index (χ2v) is 8.98. The smallest absolute Gasteiger partial charge is 0.410 e. The van der Waals surface area contributed by atoms with Crippen LogP contribution < -0.4 is 10.2 Å². The Labute approximate surface area is 181 Å². The van der Waals surface area contributed by atoms with Crippen LogP contribution in [-0.4, -0.2) is 79.3 Å². The van der Waals surface area contributed by atoms with Gasteiger partial charge in [-0.15, -0.1) is 0 Å². The first-order valence-corrected chi connectivity index (χ1v) is 11.0. The van der Waals surface area contributed by atoms with E-state index in [1.807, 2.05) is 52.0 Å². The highest BCUT2D eigenvalue weighted by Crippen LogP contribution is 2.18. The predicted molar refractivity (Wildman–Crippen MR) is 121 cm³/mol. The molecule has 0 aromatic heterocycles. The van der Waals surface area contributed by atoms with Gasteiger partial charge in [-0.25, -0.2) is 4.79 Å². The van der Waals surface area contributed by atoms with Crippen LogP contribution in [0, 0.1) is 0 Å². The van der Waals surface area contributed by atoms with Crippen molar-refractivity contribution in [3.63, 3.8) is 0 Å². The first-order chi connectivity index (χ1) is 14.1. The first kappa shape index (κ1) is 24.0. The Morgan fingerprint density at radius 2 is 1.70 bits per heavy atom. The summed E-state index contributed by atoms with van der Waals surface area (Å²) in [6.07, 6.45) is -0.360. The zero-order valence-electron chi connectivity index (χ0n) is 19.4. The Balaban J connectivity index is 1.81. The molecule has 1 aromatic carbocycles. The van der Waals surface area contributed by atoms with Crippen molar-refractivity contribution in [2.75, 3.05) is 50.7 Å². The third kappa shape index (κ3) is 7.20. The van der Waals surface area contributed by atoms with Crippen molar-refractivity contribution < 1.29 is 14.3 Å². The van der Waals surface area contributed by atoms with Gasteiger partial charge in [0.15, 0.2) is 0 Å². The molecule has 2 amide bonds. The molecule has 1 N–H and O–H groups in total. The fourth-order valence-electron chi connectivity index (χ4n) is 3.43. The standard InChI is InChI=1S/C23H38N4O3/c1-7-25(22(29)30-23(4,5)6)13-12-24-21(28)19-8-10-20(11-9-19)27-16-14-26(15-17-27)18(2)3/h8-11,18H,7,12-17H2,1-6H3,(H,24,28). The molecule has 1 aliphatic heterocycles. The van der Waals surface area contributed by atoms with Crippen molar-refractivity contribution in [1.82, 2.24) is 15.1 Å². The minimum atomic E-state index is -0.531. The van der Waals surface area contributed by atoms with Crippen LogP contribution in [0.3, 0.4) is 0 Å². The van der Waals surface area contributed by atoms with Crippen molar-refractivity contribution in [2.45, 2.75) is 53.2 Å². The van der Waals surface area contributed by atoms with E-state index < -0.39 is 5.60 Å². The number of nitrogens with one attached hydrogen (secondary N) is 1. The molecule has 1 aromatic rings. The number of nitrogens with zero attached hydrogens (tertiary/aromatic N) is 3. The van der Waals surface area contributed by atoms with Gasteiger partial charge in [0.1, 0.15) is 5.60 Å². The lowest BCUT2D eigenvalue weighted by molar-refractivity contribution is 0.0261. The zero-order chi connectivity index (χ0) is 22.3. The van der Waals surface area contributed by atoms with Crippen LogP contribution in [0.15, 0.2) is 24.3 Å². The Morgan fingerprint density at radius 1 is 1.10 bits per heavy atom. The second-order valence-electron chi connectivity index (χ2n) is 8.98. The molecule has 7 heteroatoms. The highest BCUT2D eigenvalue weighted by atomic mass is 16.6. The van der Waals surface area contributed by atoms with E-state index >= 15 is 0 Å². The molecular formula is C23H38N4O3. The molecule has 0 atom stereocenters. The Kier molecular flexibility index (Phi) is 8.53. The van der Waals surface area contributed by atoms with Crippen LogP contribution in [-0.2, 0) is 4.74 Å². The summed E-state index contributed by atoms with van der Waals surface area (Å²) in [5, 5.41) is 2.89. The normalized spacial score (nSPS) is 15.2. The highest BCUT2D eigenvalue weighted by molar-refractivity contribution is 5.94. The van der Waals surface area contributed by atoms with Gasteiger partial charge in [0.25, 0.3) is 5.91 Å². The number of piperazine rings is 1.